The lowest BCUT2D eigenvalue weighted by atomic mass is 9.83. The summed E-state index contributed by atoms with van der Waals surface area (Å²) < 4.78 is 16.4. The average molecular weight is 369 g/mol. The molecule has 3 atom stereocenters. The molecule has 27 heavy (non-hydrogen) atoms. The van der Waals surface area contributed by atoms with Gasteiger partial charge in [-0.3, -0.25) is 4.79 Å². The van der Waals surface area contributed by atoms with Crippen LogP contribution in [0.5, 0.6) is 17.2 Å². The van der Waals surface area contributed by atoms with Crippen molar-refractivity contribution in [2.24, 2.45) is 5.92 Å². The molecule has 0 aliphatic carbocycles. The van der Waals surface area contributed by atoms with E-state index in [1.807, 2.05) is 42.5 Å². The molecule has 1 fully saturated rings. The van der Waals surface area contributed by atoms with Gasteiger partial charge >= 0.3 is 5.97 Å². The average Bonchev–Trinajstić information content (AvgIpc) is 3.33. The fourth-order valence-corrected chi connectivity index (χ4v) is 3.84. The molecule has 2 heterocycles. The van der Waals surface area contributed by atoms with Gasteiger partial charge < -0.3 is 24.6 Å². The smallest absolute Gasteiger partial charge is 0.309 e. The second kappa shape index (κ2) is 7.48. The highest BCUT2D eigenvalue weighted by molar-refractivity contribution is 5.73. The van der Waals surface area contributed by atoms with Crippen LogP contribution in [0.3, 0.4) is 0 Å². The van der Waals surface area contributed by atoms with Crippen LogP contribution in [-0.4, -0.2) is 31.0 Å². The molecule has 0 amide bonds. The minimum Gasteiger partial charge on any atom is -0.494 e. The van der Waals surface area contributed by atoms with Gasteiger partial charge in [0.05, 0.1) is 12.5 Å². The van der Waals surface area contributed by atoms with Crippen molar-refractivity contribution in [3.05, 3.63) is 53.6 Å². The van der Waals surface area contributed by atoms with Crippen molar-refractivity contribution in [1.82, 2.24) is 5.32 Å². The molecule has 4 rings (SSSR count). The van der Waals surface area contributed by atoms with Gasteiger partial charge in [0.2, 0.25) is 6.79 Å². The van der Waals surface area contributed by atoms with Gasteiger partial charge in [0, 0.05) is 18.5 Å². The van der Waals surface area contributed by atoms with E-state index in [0.717, 1.165) is 23.3 Å². The first-order valence-corrected chi connectivity index (χ1v) is 9.26. The predicted octanol–water partition coefficient (Wildman–Crippen LogP) is 3.33. The van der Waals surface area contributed by atoms with Crippen LogP contribution in [0, 0.1) is 5.92 Å². The Labute approximate surface area is 158 Å². The van der Waals surface area contributed by atoms with Crippen molar-refractivity contribution in [2.75, 3.05) is 19.9 Å². The number of hydrogen-bond donors (Lipinski definition) is 2. The third kappa shape index (κ3) is 3.45. The monoisotopic (exact) mass is 369 g/mol. The van der Waals surface area contributed by atoms with Crippen LogP contribution in [0.4, 0.5) is 0 Å². The van der Waals surface area contributed by atoms with E-state index in [1.54, 1.807) is 0 Å². The number of carboxylic acid groups (broad SMARTS) is 1. The zero-order chi connectivity index (χ0) is 18.8. The fraction of sp³-hybridized carbons (Fsp3) is 0.381. The molecule has 2 aliphatic heterocycles. The van der Waals surface area contributed by atoms with E-state index in [1.165, 1.54) is 0 Å². The van der Waals surface area contributed by atoms with Crippen molar-refractivity contribution in [2.45, 2.75) is 25.3 Å². The molecule has 2 N–H and O–H groups in total. The van der Waals surface area contributed by atoms with Gasteiger partial charge in [0.25, 0.3) is 0 Å². The molecule has 6 nitrogen and oxygen atoms in total. The number of hydrogen-bond acceptors (Lipinski definition) is 5. The van der Waals surface area contributed by atoms with Crippen molar-refractivity contribution >= 4 is 5.97 Å². The van der Waals surface area contributed by atoms with E-state index < -0.39 is 11.9 Å². The molecule has 1 saturated heterocycles. The Morgan fingerprint density at radius 1 is 1.15 bits per heavy atom. The van der Waals surface area contributed by atoms with Gasteiger partial charge in [-0.25, -0.2) is 0 Å². The van der Waals surface area contributed by atoms with E-state index in [-0.39, 0.29) is 18.8 Å². The number of carboxylic acids is 1. The zero-order valence-electron chi connectivity index (χ0n) is 15.2. The van der Waals surface area contributed by atoms with E-state index in [2.05, 4.69) is 12.2 Å². The van der Waals surface area contributed by atoms with Crippen LogP contribution in [0.15, 0.2) is 42.5 Å². The number of fused-ring (bicyclic) bond motifs is 1. The molecule has 0 radical (unpaired) electrons. The first-order chi connectivity index (χ1) is 13.2. The second-order valence-electron chi connectivity index (χ2n) is 6.89. The minimum atomic E-state index is -0.807. The van der Waals surface area contributed by atoms with Crippen LogP contribution >= 0.6 is 0 Å². The van der Waals surface area contributed by atoms with E-state index in [4.69, 9.17) is 14.2 Å². The summed E-state index contributed by atoms with van der Waals surface area (Å²) in [5.41, 5.74) is 1.90. The van der Waals surface area contributed by atoms with Crippen LogP contribution in [-0.2, 0) is 4.79 Å². The van der Waals surface area contributed by atoms with Gasteiger partial charge in [-0.05, 0) is 41.8 Å². The van der Waals surface area contributed by atoms with E-state index in [0.29, 0.717) is 24.7 Å². The molecule has 0 saturated carbocycles. The summed E-state index contributed by atoms with van der Waals surface area (Å²) in [7, 11) is 0. The van der Waals surface area contributed by atoms with Gasteiger partial charge in [-0.2, -0.15) is 0 Å². The van der Waals surface area contributed by atoms with Crippen LogP contribution < -0.4 is 19.5 Å². The lowest BCUT2D eigenvalue weighted by molar-refractivity contribution is -0.142. The Bertz CT molecular complexity index is 820. The molecule has 6 heteroatoms. The molecule has 3 unspecified atom stereocenters. The number of rotatable bonds is 6. The number of nitrogens with one attached hydrogen (secondary N) is 1. The third-order valence-electron chi connectivity index (χ3n) is 5.17. The van der Waals surface area contributed by atoms with E-state index in [9.17, 15) is 9.90 Å². The largest absolute Gasteiger partial charge is 0.494 e. The molecular weight excluding hydrogens is 346 g/mol. The van der Waals surface area contributed by atoms with Gasteiger partial charge in [-0.1, -0.05) is 25.1 Å². The van der Waals surface area contributed by atoms with Crippen molar-refractivity contribution < 1.29 is 24.1 Å². The van der Waals surface area contributed by atoms with Crippen molar-refractivity contribution in [3.8, 4) is 17.2 Å². The normalized spacial score (nSPS) is 23.4. The topological polar surface area (TPSA) is 77.0 Å². The summed E-state index contributed by atoms with van der Waals surface area (Å²) in [6.45, 7) is 3.53. The van der Waals surface area contributed by atoms with Gasteiger partial charge in [0.1, 0.15) is 5.75 Å². The number of ether oxygens (including phenoxy) is 3. The lowest BCUT2D eigenvalue weighted by Crippen LogP contribution is -2.25. The molecule has 0 spiro atoms. The quantitative estimate of drug-likeness (QED) is 0.813. The molecule has 0 bridgehead atoms. The summed E-state index contributed by atoms with van der Waals surface area (Å²) in [6.07, 6.45) is 0.949. The Morgan fingerprint density at radius 2 is 1.89 bits per heavy atom. The second-order valence-corrected chi connectivity index (χ2v) is 6.89. The van der Waals surface area contributed by atoms with Crippen molar-refractivity contribution in [1.29, 1.82) is 0 Å². The Kier molecular flexibility index (Phi) is 4.90. The standard InChI is InChI=1S/C21H23NO5/c1-2-9-25-15-6-3-13(4-7-15)20-19(21(23)24)16(11-22-20)14-5-8-17-18(10-14)27-12-26-17/h3-8,10,16,19-20,22H,2,9,11-12H2,1H3,(H,23,24). The molecule has 2 aliphatic rings. The Hall–Kier alpha value is -2.73. The van der Waals surface area contributed by atoms with Crippen LogP contribution in [0.1, 0.15) is 36.4 Å². The molecule has 142 valence electrons. The third-order valence-corrected chi connectivity index (χ3v) is 5.17. The van der Waals surface area contributed by atoms with Crippen LogP contribution in [0.2, 0.25) is 0 Å². The maximum atomic E-state index is 12.1. The number of aliphatic carboxylic acids is 1. The van der Waals surface area contributed by atoms with E-state index >= 15 is 0 Å². The maximum Gasteiger partial charge on any atom is 0.309 e. The summed E-state index contributed by atoms with van der Waals surface area (Å²) in [4.78, 5) is 12.1. The highest BCUT2D eigenvalue weighted by atomic mass is 16.7. The summed E-state index contributed by atoms with van der Waals surface area (Å²) in [5.74, 6) is 0.677. The first-order valence-electron chi connectivity index (χ1n) is 9.26. The summed E-state index contributed by atoms with van der Waals surface area (Å²) >= 11 is 0. The molecule has 2 aromatic carbocycles. The van der Waals surface area contributed by atoms with Crippen LogP contribution in [0.25, 0.3) is 0 Å². The fourth-order valence-electron chi connectivity index (χ4n) is 3.84. The highest BCUT2D eigenvalue weighted by Gasteiger charge is 2.42. The molecule has 2 aromatic rings. The predicted molar refractivity (Wildman–Crippen MR) is 99.4 cm³/mol. The number of benzene rings is 2. The van der Waals surface area contributed by atoms with Crippen molar-refractivity contribution in [3.63, 3.8) is 0 Å². The maximum absolute atomic E-state index is 12.1. The van der Waals surface area contributed by atoms with Gasteiger partial charge in [0.15, 0.2) is 11.5 Å². The summed E-state index contributed by atoms with van der Waals surface area (Å²) in [6, 6.07) is 13.1. The molecule has 0 aromatic heterocycles. The SMILES string of the molecule is CCCOc1ccc(C2NCC(c3ccc4c(c3)OCO4)C2C(=O)O)cc1. The number of carbonyl (C=O) groups is 1. The highest BCUT2D eigenvalue weighted by Crippen LogP contribution is 2.43. The Balaban J connectivity index is 1.57. The molecular formula is C21H23NO5. The zero-order valence-corrected chi connectivity index (χ0v) is 15.2. The summed E-state index contributed by atoms with van der Waals surface area (Å²) in [5, 5.41) is 13.3. The minimum absolute atomic E-state index is 0.141. The first kappa shape index (κ1) is 17.7. The lowest BCUT2D eigenvalue weighted by Gasteiger charge is -2.21. The Morgan fingerprint density at radius 3 is 2.63 bits per heavy atom. The van der Waals surface area contributed by atoms with Gasteiger partial charge in [-0.15, -0.1) is 0 Å².